The maximum absolute atomic E-state index is 15.5. The summed E-state index contributed by atoms with van der Waals surface area (Å²) < 4.78 is 83.0. The number of nitrogens with zero attached hydrogens (tertiary/aromatic N) is 2. The van der Waals surface area contributed by atoms with E-state index in [-0.39, 0.29) is 11.4 Å². The van der Waals surface area contributed by atoms with Gasteiger partial charge in [0.05, 0.1) is 11.4 Å². The van der Waals surface area contributed by atoms with Gasteiger partial charge in [0.25, 0.3) is 11.8 Å². The van der Waals surface area contributed by atoms with Crippen LogP contribution in [0.2, 0.25) is 0 Å². The lowest BCUT2D eigenvalue weighted by molar-refractivity contribution is -0.274. The Balaban J connectivity index is 1.81. The number of hydrogen-bond acceptors (Lipinski definition) is 4. The standard InChI is InChI=1S/C20H15F6N3O3/c1-11-19(23,16(30)27-13-5-3-4-12(10-13)18(2,21)22)17(31)29(28-11)14-6-8-15(9-7-14)32-20(24,25)26/h3-10H,1-2H3,(H,27,30). The summed E-state index contributed by atoms with van der Waals surface area (Å²) in [5.74, 6) is -6.67. The Kier molecular flexibility index (Phi) is 5.66. The van der Waals surface area contributed by atoms with Gasteiger partial charge in [-0.3, -0.25) is 9.59 Å². The summed E-state index contributed by atoms with van der Waals surface area (Å²) in [6.45, 7) is 1.71. The number of ether oxygens (including phenoxy) is 1. The fraction of sp³-hybridized carbons (Fsp3) is 0.250. The Morgan fingerprint density at radius 1 is 1.09 bits per heavy atom. The van der Waals surface area contributed by atoms with Crippen LogP contribution in [0.4, 0.5) is 37.7 Å². The van der Waals surface area contributed by atoms with Gasteiger partial charge in [0.1, 0.15) is 5.75 Å². The molecule has 0 saturated carbocycles. The average Bonchev–Trinajstić information content (AvgIpc) is 2.92. The molecule has 0 saturated heterocycles. The van der Waals surface area contributed by atoms with Crippen LogP contribution in [0.3, 0.4) is 0 Å². The Morgan fingerprint density at radius 2 is 1.72 bits per heavy atom. The third-order valence-electron chi connectivity index (χ3n) is 4.49. The molecule has 0 aromatic heterocycles. The van der Waals surface area contributed by atoms with Gasteiger partial charge >= 0.3 is 17.9 Å². The number of alkyl halides is 6. The van der Waals surface area contributed by atoms with Gasteiger partial charge < -0.3 is 10.1 Å². The highest BCUT2D eigenvalue weighted by molar-refractivity contribution is 6.36. The third-order valence-corrected chi connectivity index (χ3v) is 4.49. The van der Waals surface area contributed by atoms with Crippen molar-refractivity contribution in [3.8, 4) is 5.75 Å². The second-order valence-electron chi connectivity index (χ2n) is 6.93. The normalized spacial score (nSPS) is 19.1. The fourth-order valence-corrected chi connectivity index (χ4v) is 2.88. The predicted molar refractivity (Wildman–Crippen MR) is 102 cm³/mol. The van der Waals surface area contributed by atoms with E-state index in [2.05, 4.69) is 15.2 Å². The highest BCUT2D eigenvalue weighted by atomic mass is 19.4. The van der Waals surface area contributed by atoms with Gasteiger partial charge in [0.2, 0.25) is 0 Å². The van der Waals surface area contributed by atoms with Gasteiger partial charge in [-0.25, -0.2) is 13.2 Å². The lowest BCUT2D eigenvalue weighted by Crippen LogP contribution is -2.51. The smallest absolute Gasteiger partial charge is 0.406 e. The van der Waals surface area contributed by atoms with Crippen molar-refractivity contribution < 1.29 is 40.7 Å². The minimum Gasteiger partial charge on any atom is -0.406 e. The van der Waals surface area contributed by atoms with E-state index in [4.69, 9.17) is 0 Å². The average molecular weight is 459 g/mol. The first-order valence-electron chi connectivity index (χ1n) is 8.96. The molecule has 0 spiro atoms. The van der Waals surface area contributed by atoms with Gasteiger partial charge in [-0.1, -0.05) is 12.1 Å². The molecular weight excluding hydrogens is 444 g/mol. The summed E-state index contributed by atoms with van der Waals surface area (Å²) in [6.07, 6.45) is -4.93. The van der Waals surface area contributed by atoms with Crippen molar-refractivity contribution in [3.05, 3.63) is 54.1 Å². The summed E-state index contributed by atoms with van der Waals surface area (Å²) in [7, 11) is 0. The van der Waals surface area contributed by atoms with E-state index in [1.807, 2.05) is 0 Å². The van der Waals surface area contributed by atoms with Crippen LogP contribution < -0.4 is 15.1 Å². The van der Waals surface area contributed by atoms with Crippen LogP contribution in [0.15, 0.2) is 53.6 Å². The lowest BCUT2D eigenvalue weighted by atomic mass is 9.99. The number of anilines is 2. The maximum atomic E-state index is 15.5. The molecule has 1 aliphatic heterocycles. The minimum atomic E-state index is -4.93. The van der Waals surface area contributed by atoms with Crippen LogP contribution in [0.25, 0.3) is 0 Å². The van der Waals surface area contributed by atoms with Gasteiger partial charge in [-0.05, 0) is 43.3 Å². The largest absolute Gasteiger partial charge is 0.573 e. The molecule has 0 fully saturated rings. The SMILES string of the molecule is CC1=NN(c2ccc(OC(F)(F)F)cc2)C(=O)C1(F)C(=O)Nc1cccc(C(C)(F)F)c1. The van der Waals surface area contributed by atoms with Gasteiger partial charge in [0, 0.05) is 18.2 Å². The molecule has 1 aliphatic rings. The van der Waals surface area contributed by atoms with E-state index in [1.54, 1.807) is 0 Å². The Hall–Kier alpha value is -3.57. The van der Waals surface area contributed by atoms with E-state index in [1.165, 1.54) is 12.1 Å². The zero-order valence-corrected chi connectivity index (χ0v) is 16.5. The van der Waals surface area contributed by atoms with E-state index < -0.39 is 46.8 Å². The second-order valence-corrected chi connectivity index (χ2v) is 6.93. The summed E-state index contributed by atoms with van der Waals surface area (Å²) in [5.41, 5.74) is -4.53. The first-order chi connectivity index (χ1) is 14.7. The minimum absolute atomic E-state index is 0.121. The zero-order chi connectivity index (χ0) is 23.9. The molecule has 12 heteroatoms. The summed E-state index contributed by atoms with van der Waals surface area (Å²) >= 11 is 0. The Morgan fingerprint density at radius 3 is 2.28 bits per heavy atom. The molecule has 32 heavy (non-hydrogen) atoms. The van der Waals surface area contributed by atoms with E-state index in [0.29, 0.717) is 11.9 Å². The van der Waals surface area contributed by atoms with Crippen molar-refractivity contribution in [2.75, 3.05) is 10.3 Å². The summed E-state index contributed by atoms with van der Waals surface area (Å²) in [6, 6.07) is 8.32. The van der Waals surface area contributed by atoms with Crippen LogP contribution in [0, 0.1) is 0 Å². The van der Waals surface area contributed by atoms with Gasteiger partial charge in [-0.2, -0.15) is 10.1 Å². The second kappa shape index (κ2) is 7.84. The molecule has 1 unspecified atom stereocenters. The molecule has 0 aliphatic carbocycles. The first kappa shape index (κ1) is 23.1. The quantitative estimate of drug-likeness (QED) is 0.518. The number of rotatable bonds is 5. The highest BCUT2D eigenvalue weighted by Crippen LogP contribution is 2.33. The van der Waals surface area contributed by atoms with Crippen LogP contribution in [0.1, 0.15) is 19.4 Å². The van der Waals surface area contributed by atoms with Crippen molar-refractivity contribution in [3.63, 3.8) is 0 Å². The summed E-state index contributed by atoms with van der Waals surface area (Å²) in [4.78, 5) is 25.2. The van der Waals surface area contributed by atoms with Crippen molar-refractivity contribution in [1.82, 2.24) is 0 Å². The van der Waals surface area contributed by atoms with E-state index >= 15 is 4.39 Å². The number of hydrazone groups is 1. The number of carbonyl (C=O) groups excluding carboxylic acids is 2. The number of carbonyl (C=O) groups is 2. The van der Waals surface area contributed by atoms with Gasteiger partial charge in [-0.15, -0.1) is 13.2 Å². The monoisotopic (exact) mass is 459 g/mol. The molecular formula is C20H15F6N3O3. The maximum Gasteiger partial charge on any atom is 0.573 e. The first-order valence-corrected chi connectivity index (χ1v) is 8.96. The number of halogens is 6. The zero-order valence-electron chi connectivity index (χ0n) is 16.5. The topological polar surface area (TPSA) is 71.0 Å². The highest BCUT2D eigenvalue weighted by Gasteiger charge is 2.57. The van der Waals surface area contributed by atoms with Crippen LogP contribution in [0.5, 0.6) is 5.75 Å². The molecule has 170 valence electrons. The molecule has 0 bridgehead atoms. The predicted octanol–water partition coefficient (Wildman–Crippen LogP) is 4.77. The number of benzene rings is 2. The lowest BCUT2D eigenvalue weighted by Gasteiger charge is -2.20. The Bertz CT molecular complexity index is 1080. The molecule has 1 heterocycles. The number of nitrogens with one attached hydrogen (secondary N) is 1. The van der Waals surface area contributed by atoms with Crippen LogP contribution >= 0.6 is 0 Å². The molecule has 2 aromatic carbocycles. The van der Waals surface area contributed by atoms with Crippen molar-refractivity contribution in [1.29, 1.82) is 0 Å². The van der Waals surface area contributed by atoms with Crippen molar-refractivity contribution >= 4 is 28.9 Å². The fourth-order valence-electron chi connectivity index (χ4n) is 2.88. The van der Waals surface area contributed by atoms with Crippen LogP contribution in [-0.2, 0) is 15.5 Å². The van der Waals surface area contributed by atoms with E-state index in [0.717, 1.165) is 43.3 Å². The number of hydrogen-bond donors (Lipinski definition) is 1. The molecule has 1 atom stereocenters. The van der Waals surface area contributed by atoms with Crippen molar-refractivity contribution in [2.24, 2.45) is 5.10 Å². The molecule has 2 amide bonds. The molecule has 2 aromatic rings. The number of amides is 2. The molecule has 1 N–H and O–H groups in total. The third kappa shape index (κ3) is 4.53. The Labute approximate surface area is 177 Å². The van der Waals surface area contributed by atoms with Gasteiger partial charge in [0.15, 0.2) is 0 Å². The van der Waals surface area contributed by atoms with Crippen LogP contribution in [-0.4, -0.2) is 29.6 Å². The van der Waals surface area contributed by atoms with Crippen molar-refractivity contribution in [2.45, 2.75) is 31.8 Å². The molecule has 0 radical (unpaired) electrons. The summed E-state index contributed by atoms with van der Waals surface area (Å²) in [5, 5.41) is 6.30. The van der Waals surface area contributed by atoms with E-state index in [9.17, 15) is 31.5 Å². The molecule has 3 rings (SSSR count). The molecule has 6 nitrogen and oxygen atoms in total.